The zero-order valence-electron chi connectivity index (χ0n) is 4.44. The number of rotatable bonds is 1. The molecule has 0 aromatic heterocycles. The van der Waals surface area contributed by atoms with Gasteiger partial charge >= 0.3 is 0 Å². The topological polar surface area (TPSA) is 0 Å². The van der Waals surface area contributed by atoms with Crippen molar-refractivity contribution in [2.24, 2.45) is 11.8 Å². The van der Waals surface area contributed by atoms with Gasteiger partial charge in [-0.1, -0.05) is 13.8 Å². The summed E-state index contributed by atoms with van der Waals surface area (Å²) in [5.74, 6) is 1.88. The van der Waals surface area contributed by atoms with Gasteiger partial charge in [-0.3, -0.25) is 0 Å². The van der Waals surface area contributed by atoms with E-state index in [0.29, 0.717) is 0 Å². The van der Waals surface area contributed by atoms with Crippen molar-refractivity contribution in [1.82, 2.24) is 0 Å². The van der Waals surface area contributed by atoms with Gasteiger partial charge in [-0.15, -0.1) is 0 Å². The molecule has 6 heavy (non-hydrogen) atoms. The first-order valence-electron chi connectivity index (χ1n) is 2.64. The first-order chi connectivity index (χ1) is 2.80. The van der Waals surface area contributed by atoms with E-state index in [1.165, 1.54) is 6.42 Å². The van der Waals surface area contributed by atoms with E-state index >= 15 is 0 Å². The first-order valence-corrected chi connectivity index (χ1v) is 2.64. The minimum Gasteiger partial charge on any atom is -0.0625 e. The van der Waals surface area contributed by atoms with E-state index in [4.69, 9.17) is 0 Å². The first kappa shape index (κ1) is 4.17. The van der Waals surface area contributed by atoms with Crippen LogP contribution in [0.15, 0.2) is 0 Å². The third-order valence-corrected chi connectivity index (χ3v) is 1.36. The average molecular weight is 83.2 g/mol. The molecule has 0 bridgehead atoms. The lowest BCUT2D eigenvalue weighted by atomic mass is 10.1. The third-order valence-electron chi connectivity index (χ3n) is 1.36. The van der Waals surface area contributed by atoms with Crippen molar-refractivity contribution in [2.75, 3.05) is 0 Å². The van der Waals surface area contributed by atoms with Gasteiger partial charge in [0.2, 0.25) is 0 Å². The van der Waals surface area contributed by atoms with Crippen molar-refractivity contribution in [3.63, 3.8) is 0 Å². The van der Waals surface area contributed by atoms with Gasteiger partial charge in [-0.05, 0) is 24.7 Å². The summed E-state index contributed by atoms with van der Waals surface area (Å²) in [6.07, 6.45) is 3.74. The van der Waals surface area contributed by atoms with Crippen molar-refractivity contribution in [3.05, 3.63) is 6.42 Å². The van der Waals surface area contributed by atoms with Crippen molar-refractivity contribution in [2.45, 2.75) is 20.3 Å². The summed E-state index contributed by atoms with van der Waals surface area (Å²) in [5, 5.41) is 0. The fourth-order valence-electron chi connectivity index (χ4n) is 0.623. The minimum atomic E-state index is 0.907. The molecule has 0 saturated heterocycles. The summed E-state index contributed by atoms with van der Waals surface area (Å²) in [6, 6.07) is 0. The SMILES string of the molecule is CC(C)C1[CH]C1. The molecular formula is C6H11. The van der Waals surface area contributed by atoms with Crippen molar-refractivity contribution in [1.29, 1.82) is 0 Å². The Morgan fingerprint density at radius 3 is 2.17 bits per heavy atom. The zero-order valence-corrected chi connectivity index (χ0v) is 4.44. The Bertz CT molecular complexity index is 42.0. The molecular weight excluding hydrogens is 72.1 g/mol. The van der Waals surface area contributed by atoms with Crippen LogP contribution in [0.25, 0.3) is 0 Å². The van der Waals surface area contributed by atoms with E-state index in [1.807, 2.05) is 0 Å². The molecule has 1 unspecified atom stereocenters. The van der Waals surface area contributed by atoms with E-state index in [2.05, 4.69) is 20.3 Å². The van der Waals surface area contributed by atoms with E-state index in [-0.39, 0.29) is 0 Å². The molecule has 0 heterocycles. The molecule has 0 aliphatic heterocycles. The van der Waals surface area contributed by atoms with Crippen molar-refractivity contribution in [3.8, 4) is 0 Å². The maximum Gasteiger partial charge on any atom is -0.0349 e. The Kier molecular flexibility index (Phi) is 0.868. The minimum absolute atomic E-state index is 0.907. The van der Waals surface area contributed by atoms with Gasteiger partial charge in [0.05, 0.1) is 0 Å². The summed E-state index contributed by atoms with van der Waals surface area (Å²) in [5.41, 5.74) is 0. The highest BCUT2D eigenvalue weighted by atomic mass is 14.3. The van der Waals surface area contributed by atoms with Crippen LogP contribution < -0.4 is 0 Å². The Hall–Kier alpha value is 0. The molecule has 0 N–H and O–H groups in total. The zero-order chi connectivity index (χ0) is 4.57. The van der Waals surface area contributed by atoms with E-state index in [0.717, 1.165) is 11.8 Å². The van der Waals surface area contributed by atoms with Crippen LogP contribution in [0.1, 0.15) is 20.3 Å². The fourth-order valence-corrected chi connectivity index (χ4v) is 0.623. The molecule has 1 aliphatic rings. The molecule has 0 spiro atoms. The van der Waals surface area contributed by atoms with Crippen LogP contribution in [0.3, 0.4) is 0 Å². The summed E-state index contributed by atoms with van der Waals surface area (Å²) in [6.45, 7) is 4.54. The lowest BCUT2D eigenvalue weighted by Gasteiger charge is -1.94. The molecule has 0 heteroatoms. The summed E-state index contributed by atoms with van der Waals surface area (Å²) in [7, 11) is 0. The second-order valence-corrected chi connectivity index (χ2v) is 2.38. The largest absolute Gasteiger partial charge is 0.0625 e. The van der Waals surface area contributed by atoms with Crippen LogP contribution in [0.5, 0.6) is 0 Å². The highest BCUT2D eigenvalue weighted by molar-refractivity contribution is 4.95. The van der Waals surface area contributed by atoms with Crippen molar-refractivity contribution < 1.29 is 0 Å². The maximum absolute atomic E-state index is 2.37. The van der Waals surface area contributed by atoms with Crippen molar-refractivity contribution >= 4 is 0 Å². The van der Waals surface area contributed by atoms with Crippen LogP contribution in [0, 0.1) is 18.3 Å². The fraction of sp³-hybridized carbons (Fsp3) is 0.833. The molecule has 35 valence electrons. The predicted octanol–water partition coefficient (Wildman–Crippen LogP) is 1.87. The molecule has 1 rings (SSSR count). The van der Waals surface area contributed by atoms with E-state index in [9.17, 15) is 0 Å². The Morgan fingerprint density at radius 2 is 2.17 bits per heavy atom. The lowest BCUT2D eigenvalue weighted by molar-refractivity contribution is 0.580. The molecule has 0 aromatic rings. The second kappa shape index (κ2) is 1.25. The lowest BCUT2D eigenvalue weighted by Crippen LogP contribution is -1.85. The van der Waals surface area contributed by atoms with Gasteiger partial charge in [0.15, 0.2) is 0 Å². The second-order valence-electron chi connectivity index (χ2n) is 2.38. The highest BCUT2D eigenvalue weighted by Crippen LogP contribution is 2.34. The molecule has 0 nitrogen and oxygen atoms in total. The van der Waals surface area contributed by atoms with Gasteiger partial charge in [-0.25, -0.2) is 0 Å². The van der Waals surface area contributed by atoms with Gasteiger partial charge in [0.25, 0.3) is 0 Å². The van der Waals surface area contributed by atoms with Gasteiger partial charge in [-0.2, -0.15) is 0 Å². The van der Waals surface area contributed by atoms with Gasteiger partial charge in [0.1, 0.15) is 0 Å². The normalized spacial score (nSPS) is 22.5. The van der Waals surface area contributed by atoms with Crippen LogP contribution in [-0.4, -0.2) is 0 Å². The van der Waals surface area contributed by atoms with E-state index < -0.39 is 0 Å². The molecule has 1 saturated carbocycles. The molecule has 1 fully saturated rings. The maximum atomic E-state index is 2.37. The summed E-state index contributed by atoms with van der Waals surface area (Å²) >= 11 is 0. The molecule has 0 amide bonds. The third kappa shape index (κ3) is 0.735. The molecule has 1 aliphatic carbocycles. The van der Waals surface area contributed by atoms with Crippen LogP contribution in [0.2, 0.25) is 0 Å². The average Bonchev–Trinajstić information content (AvgIpc) is 2.06. The molecule has 0 aromatic carbocycles. The van der Waals surface area contributed by atoms with E-state index in [1.54, 1.807) is 0 Å². The van der Waals surface area contributed by atoms with Gasteiger partial charge in [0, 0.05) is 0 Å². The van der Waals surface area contributed by atoms with Crippen LogP contribution >= 0.6 is 0 Å². The quantitative estimate of drug-likeness (QED) is 0.454. The monoisotopic (exact) mass is 83.1 g/mol. The Balaban J connectivity index is 2.13. The standard InChI is InChI=1S/C6H11/c1-5(2)6-3-4-6/h3,5-6H,4H2,1-2H3. The van der Waals surface area contributed by atoms with Gasteiger partial charge < -0.3 is 0 Å². The number of hydrogen-bond donors (Lipinski definition) is 0. The smallest absolute Gasteiger partial charge is 0.0349 e. The summed E-state index contributed by atoms with van der Waals surface area (Å²) in [4.78, 5) is 0. The number of hydrogen-bond acceptors (Lipinski definition) is 0. The molecule has 1 radical (unpaired) electrons. The summed E-state index contributed by atoms with van der Waals surface area (Å²) < 4.78 is 0. The van der Waals surface area contributed by atoms with Crippen LogP contribution in [-0.2, 0) is 0 Å². The van der Waals surface area contributed by atoms with Crippen LogP contribution in [0.4, 0.5) is 0 Å². The predicted molar refractivity (Wildman–Crippen MR) is 27.2 cm³/mol. The molecule has 1 atom stereocenters. The Morgan fingerprint density at radius 1 is 1.67 bits per heavy atom. The highest BCUT2D eigenvalue weighted by Gasteiger charge is 2.24. The Labute approximate surface area is 39.6 Å².